The Balaban J connectivity index is 2.09. The fraction of sp³-hybridized carbons (Fsp3) is 0.462. The van der Waals surface area contributed by atoms with Gasteiger partial charge in [0, 0.05) is 0 Å². The second kappa shape index (κ2) is 6.56. The monoisotopic (exact) mass is 333 g/mol. The number of hydrogen-bond donors (Lipinski definition) is 7. The molecule has 0 spiro atoms. The van der Waals surface area contributed by atoms with Gasteiger partial charge in [0.1, 0.15) is 31.0 Å². The topological polar surface area (TPSA) is 177 Å². The third kappa shape index (κ3) is 3.46. The molecule has 0 saturated carbocycles. The molecule has 1 aromatic rings. The molecule has 0 amide bonds. The fourth-order valence-electron chi connectivity index (χ4n) is 1.96. The summed E-state index contributed by atoms with van der Waals surface area (Å²) in [4.78, 5) is 11.9. The van der Waals surface area contributed by atoms with Crippen molar-refractivity contribution in [3.63, 3.8) is 0 Å². The zero-order chi connectivity index (χ0) is 18.2. The van der Waals surface area contributed by atoms with Gasteiger partial charge in [-0.2, -0.15) is 0 Å². The number of rotatable bonds is 3. The highest BCUT2D eigenvalue weighted by Crippen LogP contribution is 2.35. The van der Waals surface area contributed by atoms with Gasteiger partial charge in [0.2, 0.25) is 0 Å². The van der Waals surface area contributed by atoms with Crippen LogP contribution in [0.4, 0.5) is 0 Å². The Labute approximate surface area is 130 Å². The highest BCUT2D eigenvalue weighted by molar-refractivity contribution is 5.91. The number of carbonyl (C=O) groups excluding carboxylic acids is 1. The van der Waals surface area contributed by atoms with Crippen LogP contribution < -0.4 is 0 Å². The van der Waals surface area contributed by atoms with E-state index in [9.17, 15) is 40.5 Å². The van der Waals surface area contributed by atoms with Crippen molar-refractivity contribution >= 4 is 5.97 Å². The molecule has 0 aromatic heterocycles. The van der Waals surface area contributed by atoms with Crippen molar-refractivity contribution in [2.24, 2.45) is 0 Å². The molecule has 1 fully saturated rings. The predicted molar refractivity (Wildman–Crippen MR) is 70.6 cm³/mol. The molecule has 0 bridgehead atoms. The van der Waals surface area contributed by atoms with Crippen molar-refractivity contribution in [3.05, 3.63) is 17.7 Å². The van der Waals surface area contributed by atoms with Gasteiger partial charge >= 0.3 is 5.97 Å². The van der Waals surface area contributed by atoms with Crippen LogP contribution >= 0.6 is 0 Å². The first-order valence-corrected chi connectivity index (χ1v) is 6.44. The molecule has 23 heavy (non-hydrogen) atoms. The van der Waals surface area contributed by atoms with Crippen molar-refractivity contribution in [2.75, 3.05) is 6.61 Å². The average molecular weight is 333 g/mol. The van der Waals surface area contributed by atoms with E-state index in [2.05, 4.69) is 0 Å². The van der Waals surface area contributed by atoms with E-state index in [1.54, 1.807) is 0 Å². The molecule has 5 atom stereocenters. The van der Waals surface area contributed by atoms with E-state index >= 15 is 0 Å². The minimum absolute atomic E-state index is 0.575. The molecule has 2 rings (SSSR count). The Hall–Kier alpha value is -2.11. The summed E-state index contributed by atoms with van der Waals surface area (Å²) in [6, 6.07) is -0.0957. The number of phenolic OH excluding ortho intramolecular Hbond substituents is 3. The first-order chi connectivity index (χ1) is 11.1. The smallest absolute Gasteiger partial charge is 0.338 e. The van der Waals surface area contributed by atoms with Crippen LogP contribution in [0.1, 0.15) is 11.7 Å². The maximum atomic E-state index is 11.9. The molecular formula is C13H16O10. The van der Waals surface area contributed by atoms with Crippen molar-refractivity contribution in [3.8, 4) is 17.2 Å². The number of esters is 1. The molecule has 1 aromatic carbocycles. The number of aliphatic hydroxyl groups excluding tert-OH is 4. The molecule has 0 radical (unpaired) electrons. The van der Waals surface area contributed by atoms with Gasteiger partial charge in [-0.25, -0.2) is 4.79 Å². The standard InChI is InChI=1S/C13H16O10/c14-5-1-4(2-6(15)8(5)16)12(20)22-3-7-9(17)10(18)11(19)13(21)23-7/h1-2,7,9-11,13-19,21H,3H2/t7-,9-,10+,11-,13?/m1/s1/i1D. The first kappa shape index (κ1) is 15.8. The lowest BCUT2D eigenvalue weighted by Crippen LogP contribution is -2.58. The number of aliphatic hydroxyl groups is 4. The first-order valence-electron chi connectivity index (χ1n) is 6.94. The number of ether oxygens (including phenoxy) is 2. The van der Waals surface area contributed by atoms with E-state index in [0.717, 1.165) is 0 Å². The minimum Gasteiger partial charge on any atom is -0.504 e. The van der Waals surface area contributed by atoms with Gasteiger partial charge in [-0.15, -0.1) is 0 Å². The van der Waals surface area contributed by atoms with Gasteiger partial charge in [0.05, 0.1) is 6.93 Å². The summed E-state index contributed by atoms with van der Waals surface area (Å²) in [5.74, 6) is -4.04. The van der Waals surface area contributed by atoms with Crippen molar-refractivity contribution in [1.82, 2.24) is 0 Å². The average Bonchev–Trinajstić information content (AvgIpc) is 2.56. The van der Waals surface area contributed by atoms with E-state index in [1.165, 1.54) is 0 Å². The number of hydrogen-bond acceptors (Lipinski definition) is 10. The number of carbonyl (C=O) groups is 1. The lowest BCUT2D eigenvalue weighted by atomic mass is 9.99. The summed E-state index contributed by atoms with van der Waals surface area (Å²) in [6.07, 6.45) is -8.30. The summed E-state index contributed by atoms with van der Waals surface area (Å²) in [6.45, 7) is -0.664. The highest BCUT2D eigenvalue weighted by atomic mass is 16.6. The molecule has 1 aliphatic heterocycles. The maximum absolute atomic E-state index is 11.9. The third-order valence-electron chi connectivity index (χ3n) is 3.29. The summed E-state index contributed by atoms with van der Waals surface area (Å²) in [5.41, 5.74) is -0.575. The number of phenols is 3. The fourth-order valence-corrected chi connectivity index (χ4v) is 1.96. The summed E-state index contributed by atoms with van der Waals surface area (Å²) < 4.78 is 17.0. The van der Waals surface area contributed by atoms with Crippen LogP contribution in [-0.4, -0.2) is 79.0 Å². The SMILES string of the molecule is [2H]c1c(C(=O)OC[C@H]2OC(O)[C@H](O)[C@@H](O)[C@@H]2O)cc(O)c(O)c1O. The second-order valence-electron chi connectivity index (χ2n) is 4.90. The summed E-state index contributed by atoms with van der Waals surface area (Å²) in [5, 5.41) is 65.9. The molecule has 1 saturated heterocycles. The minimum atomic E-state index is -1.81. The van der Waals surface area contributed by atoms with Crippen LogP contribution in [-0.2, 0) is 9.47 Å². The molecule has 1 unspecified atom stereocenters. The van der Waals surface area contributed by atoms with Gasteiger partial charge in [-0.1, -0.05) is 0 Å². The van der Waals surface area contributed by atoms with Crippen molar-refractivity contribution in [2.45, 2.75) is 30.7 Å². The lowest BCUT2D eigenvalue weighted by molar-refractivity contribution is -0.286. The van der Waals surface area contributed by atoms with Crippen LogP contribution in [0.15, 0.2) is 12.1 Å². The van der Waals surface area contributed by atoms with Crippen LogP contribution in [0.3, 0.4) is 0 Å². The van der Waals surface area contributed by atoms with Gasteiger partial charge in [-0.3, -0.25) is 0 Å². The predicted octanol–water partition coefficient (Wildman–Crippen LogP) is -2.24. The van der Waals surface area contributed by atoms with E-state index in [-0.39, 0.29) is 0 Å². The summed E-state index contributed by atoms with van der Waals surface area (Å²) in [7, 11) is 0. The molecule has 128 valence electrons. The third-order valence-corrected chi connectivity index (χ3v) is 3.29. The molecule has 10 heteroatoms. The Bertz CT molecular complexity index is 636. The largest absolute Gasteiger partial charge is 0.504 e. The number of aromatic hydroxyl groups is 3. The molecule has 1 aliphatic rings. The lowest BCUT2D eigenvalue weighted by Gasteiger charge is -2.37. The second-order valence-corrected chi connectivity index (χ2v) is 4.90. The molecule has 7 N–H and O–H groups in total. The Morgan fingerprint density at radius 2 is 1.78 bits per heavy atom. The van der Waals surface area contributed by atoms with E-state index < -0.39 is 72.1 Å². The highest BCUT2D eigenvalue weighted by Gasteiger charge is 2.43. The van der Waals surface area contributed by atoms with Gasteiger partial charge in [0.25, 0.3) is 0 Å². The zero-order valence-corrected chi connectivity index (χ0v) is 11.5. The normalized spacial score (nSPS) is 31.5. The quantitative estimate of drug-likeness (QED) is 0.236. The Morgan fingerprint density at radius 1 is 1.13 bits per heavy atom. The van der Waals surface area contributed by atoms with Gasteiger partial charge in [-0.05, 0) is 12.1 Å². The molecule has 0 aliphatic carbocycles. The van der Waals surface area contributed by atoms with E-state index in [1.807, 2.05) is 0 Å². The van der Waals surface area contributed by atoms with Crippen molar-refractivity contribution in [1.29, 1.82) is 0 Å². The molecular weight excluding hydrogens is 316 g/mol. The molecule has 10 nitrogen and oxygen atoms in total. The van der Waals surface area contributed by atoms with Crippen LogP contribution in [0.2, 0.25) is 0 Å². The van der Waals surface area contributed by atoms with Crippen LogP contribution in [0, 0.1) is 0 Å². The Kier molecular flexibility index (Phi) is 4.50. The van der Waals surface area contributed by atoms with Crippen LogP contribution in [0.5, 0.6) is 17.2 Å². The maximum Gasteiger partial charge on any atom is 0.338 e. The number of benzene rings is 1. The Morgan fingerprint density at radius 3 is 2.43 bits per heavy atom. The zero-order valence-electron chi connectivity index (χ0n) is 12.5. The van der Waals surface area contributed by atoms with Crippen molar-refractivity contribution < 1.29 is 51.4 Å². The van der Waals surface area contributed by atoms with Gasteiger partial charge < -0.3 is 45.2 Å². The van der Waals surface area contributed by atoms with E-state index in [4.69, 9.17) is 10.8 Å². The van der Waals surface area contributed by atoms with E-state index in [0.29, 0.717) is 6.07 Å². The van der Waals surface area contributed by atoms with Crippen LogP contribution in [0.25, 0.3) is 0 Å². The van der Waals surface area contributed by atoms with Gasteiger partial charge in [0.15, 0.2) is 23.5 Å². The molecule has 1 heterocycles. The summed E-state index contributed by atoms with van der Waals surface area (Å²) >= 11 is 0.